The number of rotatable bonds is 8. The Bertz CT molecular complexity index is 869. The Morgan fingerprint density at radius 2 is 1.64 bits per heavy atom. The number of aromatic nitrogens is 2. The molecule has 5 nitrogen and oxygen atoms in total. The average molecular weight is 379 g/mol. The summed E-state index contributed by atoms with van der Waals surface area (Å²) in [5, 5.41) is 0. The summed E-state index contributed by atoms with van der Waals surface area (Å²) in [5.41, 5.74) is 2.35. The molecule has 148 valence electrons. The molecule has 0 saturated carbocycles. The van der Waals surface area contributed by atoms with Crippen LogP contribution >= 0.6 is 0 Å². The van der Waals surface area contributed by atoms with Crippen LogP contribution in [0.25, 0.3) is 11.0 Å². The highest BCUT2D eigenvalue weighted by molar-refractivity contribution is 5.75. The van der Waals surface area contributed by atoms with Gasteiger partial charge in [-0.1, -0.05) is 30.3 Å². The van der Waals surface area contributed by atoms with E-state index in [1.807, 2.05) is 30.3 Å². The molecule has 0 N–H and O–H groups in total. The zero-order chi connectivity index (χ0) is 19.2. The Morgan fingerprint density at radius 1 is 0.893 bits per heavy atom. The van der Waals surface area contributed by atoms with Crippen molar-refractivity contribution in [3.05, 3.63) is 60.4 Å². The summed E-state index contributed by atoms with van der Waals surface area (Å²) in [6, 6.07) is 18.6. The third-order valence-corrected chi connectivity index (χ3v) is 5.48. The monoisotopic (exact) mass is 378 g/mol. The quantitative estimate of drug-likeness (QED) is 0.561. The first-order valence-electron chi connectivity index (χ1n) is 10.3. The van der Waals surface area contributed by atoms with Crippen LogP contribution in [0.2, 0.25) is 0 Å². The van der Waals surface area contributed by atoms with E-state index >= 15 is 0 Å². The van der Waals surface area contributed by atoms with Crippen LogP contribution in [-0.2, 0) is 13.1 Å². The minimum Gasteiger partial charge on any atom is -0.494 e. The molecule has 2 heterocycles. The molecule has 1 aliphatic heterocycles. The molecule has 4 rings (SSSR count). The molecule has 1 fully saturated rings. The number of nitrogens with zero attached hydrogens (tertiary/aromatic N) is 4. The maximum Gasteiger partial charge on any atom is 0.124 e. The van der Waals surface area contributed by atoms with Crippen molar-refractivity contribution >= 4 is 11.0 Å². The number of imidazole rings is 1. The number of hydrogen-bond donors (Lipinski definition) is 0. The molecule has 0 unspecified atom stereocenters. The van der Waals surface area contributed by atoms with E-state index in [0.29, 0.717) is 0 Å². The zero-order valence-corrected chi connectivity index (χ0v) is 16.8. The summed E-state index contributed by atoms with van der Waals surface area (Å²) < 4.78 is 8.25. The highest BCUT2D eigenvalue weighted by atomic mass is 16.5. The number of unbranched alkanes of at least 4 members (excludes halogenated alkanes) is 1. The van der Waals surface area contributed by atoms with Crippen LogP contribution in [-0.4, -0.2) is 59.2 Å². The number of aryl methyl sites for hydroxylation is 1. The molecule has 5 heteroatoms. The van der Waals surface area contributed by atoms with Crippen LogP contribution in [0, 0.1) is 0 Å². The summed E-state index contributed by atoms with van der Waals surface area (Å²) >= 11 is 0. The van der Waals surface area contributed by atoms with Crippen molar-refractivity contribution in [3.63, 3.8) is 0 Å². The van der Waals surface area contributed by atoms with Gasteiger partial charge in [0.25, 0.3) is 0 Å². The average Bonchev–Trinajstić information content (AvgIpc) is 3.07. The molecule has 1 aromatic heterocycles. The van der Waals surface area contributed by atoms with E-state index in [2.05, 4.69) is 45.7 Å². The first kappa shape index (κ1) is 19.0. The first-order valence-corrected chi connectivity index (χ1v) is 10.3. The van der Waals surface area contributed by atoms with Gasteiger partial charge in [0, 0.05) is 32.7 Å². The van der Waals surface area contributed by atoms with Gasteiger partial charge in [-0.05, 0) is 44.2 Å². The van der Waals surface area contributed by atoms with Crippen LogP contribution in [0.15, 0.2) is 54.6 Å². The van der Waals surface area contributed by atoms with E-state index in [9.17, 15) is 0 Å². The van der Waals surface area contributed by atoms with Crippen molar-refractivity contribution in [1.82, 2.24) is 19.4 Å². The summed E-state index contributed by atoms with van der Waals surface area (Å²) in [7, 11) is 2.20. The third kappa shape index (κ3) is 4.72. The van der Waals surface area contributed by atoms with Crippen LogP contribution < -0.4 is 4.74 Å². The Hall–Kier alpha value is -2.37. The van der Waals surface area contributed by atoms with Gasteiger partial charge in [0.15, 0.2) is 0 Å². The van der Waals surface area contributed by atoms with Gasteiger partial charge in [-0.25, -0.2) is 4.98 Å². The summed E-state index contributed by atoms with van der Waals surface area (Å²) in [6.07, 6.45) is 2.12. The normalized spacial score (nSPS) is 15.9. The number of piperazine rings is 1. The van der Waals surface area contributed by atoms with Gasteiger partial charge in [0.1, 0.15) is 11.6 Å². The second kappa shape index (κ2) is 9.22. The lowest BCUT2D eigenvalue weighted by molar-refractivity contribution is 0.144. The van der Waals surface area contributed by atoms with Crippen LogP contribution in [0.3, 0.4) is 0 Å². The summed E-state index contributed by atoms with van der Waals surface area (Å²) in [6.45, 7) is 7.18. The van der Waals surface area contributed by atoms with Crippen LogP contribution in [0.4, 0.5) is 0 Å². The minimum atomic E-state index is 0.754. The van der Waals surface area contributed by atoms with Crippen molar-refractivity contribution in [2.45, 2.75) is 25.9 Å². The largest absolute Gasteiger partial charge is 0.494 e. The number of ether oxygens (including phenoxy) is 1. The van der Waals surface area contributed by atoms with Gasteiger partial charge >= 0.3 is 0 Å². The smallest absolute Gasteiger partial charge is 0.124 e. The lowest BCUT2D eigenvalue weighted by Gasteiger charge is -2.32. The Balaban J connectivity index is 1.37. The molecule has 28 heavy (non-hydrogen) atoms. The Labute approximate surface area is 167 Å². The number of fused-ring (bicyclic) bond motifs is 1. The predicted molar refractivity (Wildman–Crippen MR) is 114 cm³/mol. The third-order valence-electron chi connectivity index (χ3n) is 5.48. The summed E-state index contributed by atoms with van der Waals surface area (Å²) in [4.78, 5) is 9.87. The van der Waals surface area contributed by atoms with Gasteiger partial charge in [-0.15, -0.1) is 0 Å². The first-order chi connectivity index (χ1) is 13.8. The molecule has 0 bridgehead atoms. The molecule has 1 aliphatic rings. The van der Waals surface area contributed by atoms with E-state index < -0.39 is 0 Å². The van der Waals surface area contributed by atoms with Crippen molar-refractivity contribution in [3.8, 4) is 5.75 Å². The lowest BCUT2D eigenvalue weighted by atomic mass is 10.3. The van der Waals surface area contributed by atoms with Gasteiger partial charge in [0.05, 0.1) is 24.2 Å². The fourth-order valence-corrected chi connectivity index (χ4v) is 3.78. The van der Waals surface area contributed by atoms with Gasteiger partial charge in [0.2, 0.25) is 0 Å². The van der Waals surface area contributed by atoms with E-state index in [1.165, 1.54) is 11.3 Å². The zero-order valence-electron chi connectivity index (χ0n) is 16.8. The Morgan fingerprint density at radius 3 is 2.46 bits per heavy atom. The molecule has 0 amide bonds. The number of hydrogen-bond acceptors (Lipinski definition) is 4. The molecular formula is C23H30N4O. The lowest BCUT2D eigenvalue weighted by Crippen LogP contribution is -2.44. The molecule has 0 spiro atoms. The SMILES string of the molecule is CN1CCN(Cc2nc3ccccc3n2CCCCOc2ccccc2)CC1. The van der Waals surface area contributed by atoms with Gasteiger partial charge < -0.3 is 14.2 Å². The maximum atomic E-state index is 5.84. The van der Waals surface area contributed by atoms with Crippen LogP contribution in [0.5, 0.6) is 5.75 Å². The van der Waals surface area contributed by atoms with Crippen molar-refractivity contribution in [2.75, 3.05) is 39.8 Å². The fraction of sp³-hybridized carbons (Fsp3) is 0.435. The van der Waals surface area contributed by atoms with Crippen molar-refractivity contribution < 1.29 is 4.74 Å². The Kier molecular flexibility index (Phi) is 6.24. The maximum absolute atomic E-state index is 5.84. The second-order valence-corrected chi connectivity index (χ2v) is 7.62. The van der Waals surface area contributed by atoms with Crippen molar-refractivity contribution in [1.29, 1.82) is 0 Å². The molecular weight excluding hydrogens is 348 g/mol. The van der Waals surface area contributed by atoms with E-state index in [4.69, 9.17) is 9.72 Å². The molecule has 1 saturated heterocycles. The van der Waals surface area contributed by atoms with Crippen molar-refractivity contribution in [2.24, 2.45) is 0 Å². The van der Waals surface area contributed by atoms with Gasteiger partial charge in [-0.2, -0.15) is 0 Å². The molecule has 0 atom stereocenters. The van der Waals surface area contributed by atoms with E-state index in [1.54, 1.807) is 0 Å². The second-order valence-electron chi connectivity index (χ2n) is 7.62. The number of para-hydroxylation sites is 3. The molecule has 2 aromatic carbocycles. The molecule has 0 aliphatic carbocycles. The number of benzene rings is 2. The van der Waals surface area contributed by atoms with Crippen LogP contribution in [0.1, 0.15) is 18.7 Å². The molecule has 3 aromatic rings. The molecule has 0 radical (unpaired) electrons. The van der Waals surface area contributed by atoms with E-state index in [0.717, 1.165) is 70.0 Å². The topological polar surface area (TPSA) is 33.5 Å². The number of likely N-dealkylation sites (N-methyl/N-ethyl adjacent to an activating group) is 1. The highest BCUT2D eigenvalue weighted by Crippen LogP contribution is 2.19. The van der Waals surface area contributed by atoms with Gasteiger partial charge in [-0.3, -0.25) is 4.90 Å². The minimum absolute atomic E-state index is 0.754. The fourth-order valence-electron chi connectivity index (χ4n) is 3.78. The highest BCUT2D eigenvalue weighted by Gasteiger charge is 2.18. The predicted octanol–water partition coefficient (Wildman–Crippen LogP) is 3.64. The van der Waals surface area contributed by atoms with E-state index in [-0.39, 0.29) is 0 Å². The standard InChI is InChI=1S/C23H30N4O/c1-25-14-16-26(17-15-25)19-23-24-21-11-5-6-12-22(21)27(23)13-7-8-18-28-20-9-3-2-4-10-20/h2-6,9-12H,7-8,13-19H2,1H3. The summed E-state index contributed by atoms with van der Waals surface area (Å²) in [5.74, 6) is 2.14.